The fourth-order valence-electron chi connectivity index (χ4n) is 3.65. The zero-order valence-electron chi connectivity index (χ0n) is 18.6. The molecule has 3 heterocycles. The van der Waals surface area contributed by atoms with Gasteiger partial charge < -0.3 is 10.4 Å². The van der Waals surface area contributed by atoms with Crippen molar-refractivity contribution in [2.75, 3.05) is 25.4 Å². The number of aliphatic hydroxyl groups excluding tert-OH is 1. The number of aliphatic hydroxyl groups is 1. The maximum absolute atomic E-state index is 13.5. The SMILES string of the molecule is CNC1(C)CS(=O)C1.O=Cc1cnc2c(-c3cccc(F)c3)nn(C3CCC3)c2c1.OCF. The summed E-state index contributed by atoms with van der Waals surface area (Å²) >= 11 is 0. The molecule has 0 amide bonds. The second-order valence-electron chi connectivity index (χ2n) is 8.30. The largest absolute Gasteiger partial charge is 0.366 e. The fourth-order valence-corrected chi connectivity index (χ4v) is 5.28. The minimum absolute atomic E-state index is 0.185. The fraction of sp³-hybridized carbons (Fsp3) is 0.435. The molecule has 0 spiro atoms. The number of benzene rings is 1. The van der Waals surface area contributed by atoms with E-state index in [-0.39, 0.29) is 11.4 Å². The van der Waals surface area contributed by atoms with Gasteiger partial charge in [0.25, 0.3) is 0 Å². The average molecular weight is 479 g/mol. The smallest absolute Gasteiger partial charge is 0.185 e. The first-order chi connectivity index (χ1) is 15.8. The number of carbonyl (C=O) groups is 1. The first-order valence-electron chi connectivity index (χ1n) is 10.6. The average Bonchev–Trinajstić information content (AvgIpc) is 3.11. The Morgan fingerprint density at radius 1 is 1.33 bits per heavy atom. The van der Waals surface area contributed by atoms with E-state index in [1.54, 1.807) is 6.07 Å². The molecular weight excluding hydrogens is 450 g/mol. The zero-order valence-corrected chi connectivity index (χ0v) is 19.4. The van der Waals surface area contributed by atoms with Crippen LogP contribution in [0.1, 0.15) is 42.6 Å². The molecule has 1 saturated carbocycles. The summed E-state index contributed by atoms with van der Waals surface area (Å²) in [6.45, 7) is 0.842. The lowest BCUT2D eigenvalue weighted by molar-refractivity contribution is 0.112. The van der Waals surface area contributed by atoms with Crippen LogP contribution in [0.4, 0.5) is 8.78 Å². The number of fused-ring (bicyclic) bond motifs is 1. The van der Waals surface area contributed by atoms with Gasteiger partial charge in [-0.1, -0.05) is 12.1 Å². The summed E-state index contributed by atoms with van der Waals surface area (Å²) in [6, 6.07) is 8.51. The van der Waals surface area contributed by atoms with Crippen LogP contribution in [0.5, 0.6) is 0 Å². The number of rotatable bonds is 4. The summed E-state index contributed by atoms with van der Waals surface area (Å²) in [6.07, 6.45) is 5.65. The van der Waals surface area contributed by atoms with Crippen LogP contribution in [-0.2, 0) is 10.8 Å². The number of aromatic nitrogens is 3. The number of alkyl halides is 1. The Labute approximate surface area is 193 Å². The van der Waals surface area contributed by atoms with Gasteiger partial charge in [0.2, 0.25) is 0 Å². The van der Waals surface area contributed by atoms with Crippen molar-refractivity contribution in [2.45, 2.75) is 37.8 Å². The van der Waals surface area contributed by atoms with Crippen LogP contribution in [0.2, 0.25) is 0 Å². The predicted octanol–water partition coefficient (Wildman–Crippen LogP) is 3.41. The Bertz CT molecular complexity index is 1130. The summed E-state index contributed by atoms with van der Waals surface area (Å²) in [5.74, 6) is 1.35. The summed E-state index contributed by atoms with van der Waals surface area (Å²) in [7, 11) is 1.39. The number of carbonyl (C=O) groups excluding carboxylic acids is 1. The maximum atomic E-state index is 13.5. The minimum Gasteiger partial charge on any atom is -0.366 e. The lowest BCUT2D eigenvalue weighted by atomic mass is 9.93. The summed E-state index contributed by atoms with van der Waals surface area (Å²) in [4.78, 5) is 15.4. The van der Waals surface area contributed by atoms with Crippen molar-refractivity contribution < 1.29 is 22.9 Å². The van der Waals surface area contributed by atoms with Gasteiger partial charge in [-0.25, -0.2) is 8.78 Å². The molecule has 1 aliphatic carbocycles. The van der Waals surface area contributed by atoms with Gasteiger partial charge in [0.1, 0.15) is 17.0 Å². The number of aldehydes is 1. The van der Waals surface area contributed by atoms with Crippen molar-refractivity contribution in [3.05, 3.63) is 47.9 Å². The van der Waals surface area contributed by atoms with Crippen LogP contribution in [0.3, 0.4) is 0 Å². The Hall–Kier alpha value is -2.56. The van der Waals surface area contributed by atoms with Gasteiger partial charge >= 0.3 is 0 Å². The third-order valence-corrected chi connectivity index (χ3v) is 7.70. The number of halogens is 2. The molecule has 178 valence electrons. The lowest BCUT2D eigenvalue weighted by Gasteiger charge is -2.36. The molecule has 1 aliphatic heterocycles. The minimum atomic E-state index is -1.25. The molecule has 7 nitrogen and oxygen atoms in total. The summed E-state index contributed by atoms with van der Waals surface area (Å²) in [5.41, 5.74) is 3.63. The van der Waals surface area contributed by atoms with E-state index in [2.05, 4.69) is 22.3 Å². The number of nitrogens with zero attached hydrogens (tertiary/aromatic N) is 3. The number of hydrogen-bond acceptors (Lipinski definition) is 6. The van der Waals surface area contributed by atoms with E-state index in [0.29, 0.717) is 28.4 Å². The predicted molar refractivity (Wildman–Crippen MR) is 125 cm³/mol. The van der Waals surface area contributed by atoms with Gasteiger partial charge in [-0.3, -0.25) is 18.7 Å². The molecule has 1 aromatic carbocycles. The third kappa shape index (κ3) is 5.87. The number of pyridine rings is 1. The van der Waals surface area contributed by atoms with Crippen LogP contribution in [-0.4, -0.2) is 61.3 Å². The highest BCUT2D eigenvalue weighted by molar-refractivity contribution is 7.86. The highest BCUT2D eigenvalue weighted by atomic mass is 32.2. The first kappa shape index (κ1) is 25.1. The Morgan fingerprint density at radius 3 is 2.52 bits per heavy atom. The maximum Gasteiger partial charge on any atom is 0.185 e. The molecule has 2 aliphatic rings. The quantitative estimate of drug-likeness (QED) is 0.558. The third-order valence-electron chi connectivity index (χ3n) is 5.78. The van der Waals surface area contributed by atoms with Gasteiger partial charge in [0.15, 0.2) is 13.1 Å². The van der Waals surface area contributed by atoms with Gasteiger partial charge in [-0.05, 0) is 51.4 Å². The van der Waals surface area contributed by atoms with E-state index in [4.69, 9.17) is 5.11 Å². The zero-order chi connectivity index (χ0) is 24.0. The van der Waals surface area contributed by atoms with Gasteiger partial charge in [-0.2, -0.15) is 5.10 Å². The Balaban J connectivity index is 0.000000233. The van der Waals surface area contributed by atoms with E-state index in [9.17, 15) is 17.8 Å². The molecule has 1 saturated heterocycles. The lowest BCUT2D eigenvalue weighted by Crippen LogP contribution is -2.58. The van der Waals surface area contributed by atoms with E-state index >= 15 is 0 Å². The van der Waals surface area contributed by atoms with Crippen molar-refractivity contribution >= 4 is 28.1 Å². The molecule has 2 aromatic heterocycles. The summed E-state index contributed by atoms with van der Waals surface area (Å²) < 4.78 is 35.8. The molecule has 5 rings (SSSR count). The Kier molecular flexibility index (Phi) is 8.39. The van der Waals surface area contributed by atoms with Crippen molar-refractivity contribution in [1.29, 1.82) is 0 Å². The molecule has 0 atom stereocenters. The monoisotopic (exact) mass is 478 g/mol. The molecule has 0 radical (unpaired) electrons. The number of hydrogen-bond donors (Lipinski definition) is 2. The normalized spacial score (nSPS) is 21.7. The second kappa shape index (κ2) is 11.0. The molecule has 10 heteroatoms. The van der Waals surface area contributed by atoms with Crippen LogP contribution < -0.4 is 5.32 Å². The van der Waals surface area contributed by atoms with Crippen molar-refractivity contribution in [1.82, 2.24) is 20.1 Å². The number of nitrogens with one attached hydrogen (secondary N) is 1. The highest BCUT2D eigenvalue weighted by Gasteiger charge is 2.36. The Morgan fingerprint density at radius 2 is 2.03 bits per heavy atom. The van der Waals surface area contributed by atoms with E-state index in [1.165, 1.54) is 24.8 Å². The first-order valence-corrected chi connectivity index (χ1v) is 12.1. The van der Waals surface area contributed by atoms with Crippen molar-refractivity contribution in [3.8, 4) is 11.3 Å². The van der Waals surface area contributed by atoms with Crippen molar-refractivity contribution in [3.63, 3.8) is 0 Å². The highest BCUT2D eigenvalue weighted by Crippen LogP contribution is 2.36. The molecule has 2 fully saturated rings. The van der Waals surface area contributed by atoms with E-state index in [0.717, 1.165) is 36.2 Å². The molecule has 0 unspecified atom stereocenters. The molecular formula is C23H28F2N4O3S. The van der Waals surface area contributed by atoms with Crippen LogP contribution in [0, 0.1) is 5.82 Å². The van der Waals surface area contributed by atoms with E-state index < -0.39 is 17.7 Å². The molecule has 3 aromatic rings. The second-order valence-corrected chi connectivity index (χ2v) is 9.76. The summed E-state index contributed by atoms with van der Waals surface area (Å²) in [5, 5.41) is 14.7. The van der Waals surface area contributed by atoms with Crippen LogP contribution in [0.25, 0.3) is 22.3 Å². The van der Waals surface area contributed by atoms with Crippen LogP contribution in [0.15, 0.2) is 36.5 Å². The molecule has 2 N–H and O–H groups in total. The topological polar surface area (TPSA) is 97.1 Å². The van der Waals surface area contributed by atoms with Gasteiger partial charge in [0.05, 0.1) is 11.6 Å². The molecule has 33 heavy (non-hydrogen) atoms. The van der Waals surface area contributed by atoms with E-state index in [1.807, 2.05) is 23.9 Å². The standard InChI is InChI=1S/C17H14FN3O.C5H11NOS.CH3FO/c18-13-4-1-3-12(8-13)16-17-15(7-11(10-22)9-19-17)21(20-16)14-5-2-6-14;1-5(6-2)3-8(7)4-5;2-1-3/h1,3-4,7-10,14H,2,5-6H2;6H,3-4H2,1-2H3;3H,1H2. The van der Waals surface area contributed by atoms with Crippen molar-refractivity contribution in [2.24, 2.45) is 0 Å². The van der Waals surface area contributed by atoms with Gasteiger partial charge in [-0.15, -0.1) is 0 Å². The van der Waals surface area contributed by atoms with Crippen LogP contribution >= 0.6 is 0 Å². The van der Waals surface area contributed by atoms with Gasteiger partial charge in [0, 0.05) is 45.2 Å². The molecule has 0 bridgehead atoms.